The maximum atomic E-state index is 2.64. The Bertz CT molecular complexity index is 6790. The van der Waals surface area contributed by atoms with Crippen LogP contribution in [-0.2, 0) is 10.8 Å². The van der Waals surface area contributed by atoms with Crippen molar-refractivity contribution in [1.82, 2.24) is 0 Å². The maximum Gasteiger partial charge on any atom is 0.0720 e. The van der Waals surface area contributed by atoms with Gasteiger partial charge in [0.2, 0.25) is 0 Å². The second kappa shape index (κ2) is 26.0. The Hall–Kier alpha value is -14.6. The zero-order chi connectivity index (χ0) is 75.0. The smallest absolute Gasteiger partial charge is 0.0622 e. The Morgan fingerprint density at radius 2 is 0.307 bits per heavy atom. The zero-order valence-corrected chi connectivity index (χ0v) is 62.6. The van der Waals surface area contributed by atoms with E-state index in [1.54, 1.807) is 0 Å². The van der Waals surface area contributed by atoms with Crippen LogP contribution in [0.15, 0.2) is 437 Å². The van der Waals surface area contributed by atoms with E-state index in [-0.39, 0.29) is 0 Å². The number of fused-ring (bicyclic) bond motifs is 20. The molecule has 0 heteroatoms. The summed E-state index contributed by atoms with van der Waals surface area (Å²) in [7, 11) is 0. The molecule has 114 heavy (non-hydrogen) atoms. The number of hydrogen-bond donors (Lipinski definition) is 0. The molecule has 0 radical (unpaired) electrons. The van der Waals surface area contributed by atoms with E-state index in [2.05, 4.69) is 437 Å². The lowest BCUT2D eigenvalue weighted by Gasteiger charge is -2.49. The molecule has 0 bridgehead atoms. The molecule has 3 aliphatic carbocycles. The quantitative estimate of drug-likeness (QED) is 0.120. The minimum atomic E-state index is -0.775. The van der Waals surface area contributed by atoms with Crippen molar-refractivity contribution in [2.45, 2.75) is 10.8 Å². The van der Waals surface area contributed by atoms with Crippen molar-refractivity contribution < 1.29 is 0 Å². The number of hydrogen-bond acceptors (Lipinski definition) is 0. The van der Waals surface area contributed by atoms with Crippen LogP contribution in [-0.4, -0.2) is 0 Å². The summed E-state index contributed by atoms with van der Waals surface area (Å²) in [6.07, 6.45) is 0. The number of benzene rings is 20. The third-order valence-electron chi connectivity index (χ3n) is 25.4. The monoisotopic (exact) mass is 1440 g/mol. The van der Waals surface area contributed by atoms with E-state index >= 15 is 0 Å². The summed E-state index contributed by atoms with van der Waals surface area (Å²) in [5.74, 6) is 0. The highest BCUT2D eigenvalue weighted by Crippen LogP contribution is 2.68. The number of rotatable bonds is 10. The molecule has 0 amide bonds. The van der Waals surface area contributed by atoms with E-state index in [1.165, 1.54) is 199 Å². The fourth-order valence-electron chi connectivity index (χ4n) is 20.8. The molecule has 2 spiro atoms. The van der Waals surface area contributed by atoms with Crippen molar-refractivity contribution in [3.05, 3.63) is 481 Å². The standard InChI is InChI=1S/C114H72/c1-5-33-73(34-6-1)81-41-13-17-49-89(81)109-93-53-21-23-55-95(93)111(91-51-19-15-43-83(91)75-37-9-3-10-38-75)99-69-77(61-65-97(99)109)79-63-67-105-107(71-79)113(101-57-29-25-45-85(101)86-46-26-30-58-102(86)113)106-68-64-80(72-108(106)114(105)103-59-31-27-47-87(103)88-48-28-32-60-104(88)114)78-62-66-98-100(70-78)112(92-52-20-16-44-84(92)76-39-11-4-12-40-76)96-56-24-22-54-94(96)110(98)90-50-18-14-42-82(90)74-35-7-2-8-36-74/h1-72H. The highest BCUT2D eigenvalue weighted by atomic mass is 14.6. The van der Waals surface area contributed by atoms with Crippen molar-refractivity contribution in [1.29, 1.82) is 0 Å². The molecule has 0 saturated heterocycles. The molecule has 0 saturated carbocycles. The van der Waals surface area contributed by atoms with Crippen LogP contribution >= 0.6 is 0 Å². The van der Waals surface area contributed by atoms with Crippen LogP contribution in [0.1, 0.15) is 44.5 Å². The van der Waals surface area contributed by atoms with Crippen molar-refractivity contribution in [2.75, 3.05) is 0 Å². The van der Waals surface area contributed by atoms with Gasteiger partial charge in [0, 0.05) is 0 Å². The lowest BCUT2D eigenvalue weighted by molar-refractivity contribution is 0.633. The Kier molecular flexibility index (Phi) is 14.9. The average molecular weight is 1440 g/mol. The molecule has 20 aromatic carbocycles. The molecular weight excluding hydrogens is 1370 g/mol. The van der Waals surface area contributed by atoms with Crippen LogP contribution in [0.3, 0.4) is 0 Å². The van der Waals surface area contributed by atoms with Gasteiger partial charge in [-0.1, -0.05) is 413 Å². The Balaban J connectivity index is 0.808. The van der Waals surface area contributed by atoms with E-state index in [0.29, 0.717) is 0 Å². The van der Waals surface area contributed by atoms with E-state index in [0.717, 1.165) is 22.3 Å². The van der Waals surface area contributed by atoms with Crippen LogP contribution < -0.4 is 0 Å². The van der Waals surface area contributed by atoms with Crippen molar-refractivity contribution >= 4 is 43.1 Å². The molecule has 3 aliphatic rings. The Labute approximate surface area is 664 Å². The lowest BCUT2D eigenvalue weighted by atomic mass is 9.52. The average Bonchev–Trinajstić information content (AvgIpc) is 1.44. The van der Waals surface area contributed by atoms with Gasteiger partial charge in [-0.25, -0.2) is 0 Å². The third-order valence-corrected chi connectivity index (χ3v) is 25.4. The predicted molar refractivity (Wildman–Crippen MR) is 479 cm³/mol. The van der Waals surface area contributed by atoms with Gasteiger partial charge < -0.3 is 0 Å². The predicted octanol–water partition coefficient (Wildman–Crippen LogP) is 30.0. The van der Waals surface area contributed by atoms with Gasteiger partial charge in [-0.15, -0.1) is 0 Å². The van der Waals surface area contributed by atoms with E-state index in [4.69, 9.17) is 0 Å². The normalized spacial score (nSPS) is 13.1. The highest BCUT2D eigenvalue weighted by Gasteiger charge is 2.59. The molecule has 0 fully saturated rings. The summed E-state index contributed by atoms with van der Waals surface area (Å²) in [4.78, 5) is 0. The summed E-state index contributed by atoms with van der Waals surface area (Å²) in [5, 5.41) is 9.67. The molecule has 528 valence electrons. The first-order chi connectivity index (χ1) is 56.6. The molecule has 0 nitrogen and oxygen atoms in total. The van der Waals surface area contributed by atoms with Gasteiger partial charge in [-0.2, -0.15) is 0 Å². The summed E-state index contributed by atoms with van der Waals surface area (Å²) in [6.45, 7) is 0. The van der Waals surface area contributed by atoms with Crippen molar-refractivity contribution in [2.24, 2.45) is 0 Å². The van der Waals surface area contributed by atoms with Gasteiger partial charge in [0.15, 0.2) is 0 Å². The lowest BCUT2D eigenvalue weighted by Crippen LogP contribution is -2.43. The van der Waals surface area contributed by atoms with E-state index < -0.39 is 10.8 Å². The maximum absolute atomic E-state index is 2.64. The van der Waals surface area contributed by atoms with Crippen LogP contribution in [0.4, 0.5) is 0 Å². The Morgan fingerprint density at radius 1 is 0.105 bits per heavy atom. The molecule has 0 aliphatic heterocycles. The van der Waals surface area contributed by atoms with Gasteiger partial charge in [0.25, 0.3) is 0 Å². The third kappa shape index (κ3) is 9.59. The molecule has 0 aromatic heterocycles. The first-order valence-electron chi connectivity index (χ1n) is 39.9. The van der Waals surface area contributed by atoms with Gasteiger partial charge in [-0.3, -0.25) is 0 Å². The Morgan fingerprint density at radius 3 is 0.588 bits per heavy atom. The highest BCUT2D eigenvalue weighted by molar-refractivity contribution is 6.26. The molecule has 0 heterocycles. The van der Waals surface area contributed by atoms with Crippen LogP contribution in [0, 0.1) is 0 Å². The zero-order valence-electron chi connectivity index (χ0n) is 62.6. The molecule has 23 rings (SSSR count). The molecule has 0 atom stereocenters. The SMILES string of the molecule is c1ccc(-c2ccccc2-c2c3ccccc3c(-c3ccccc3-c3ccccc3)c3cc(-c4ccc5c(c4)C4(c6ccccc6-c6ccccc64)c4ccc(-c6ccc7c(-c8ccccc8-c8ccccc8)c8ccccc8c(-c8ccccc8-c8ccccc8)c7c6)cc4C54c5ccccc5-c5ccccc54)ccc23)cc1. The molecule has 20 aromatic rings. The second-order valence-corrected chi connectivity index (χ2v) is 31.0. The van der Waals surface area contributed by atoms with Crippen LogP contribution in [0.5, 0.6) is 0 Å². The molecule has 0 N–H and O–H groups in total. The van der Waals surface area contributed by atoms with E-state index in [9.17, 15) is 0 Å². The fourth-order valence-corrected chi connectivity index (χ4v) is 20.8. The topological polar surface area (TPSA) is 0 Å². The fraction of sp³-hybridized carbons (Fsp3) is 0.0175. The van der Waals surface area contributed by atoms with Gasteiger partial charge in [0.1, 0.15) is 0 Å². The minimum absolute atomic E-state index is 0.775. The van der Waals surface area contributed by atoms with Gasteiger partial charge >= 0.3 is 0 Å². The summed E-state index contributed by atoms with van der Waals surface area (Å²) >= 11 is 0. The van der Waals surface area contributed by atoms with Crippen molar-refractivity contribution in [3.8, 4) is 134 Å². The minimum Gasteiger partial charge on any atom is -0.0622 e. The first-order valence-corrected chi connectivity index (χ1v) is 39.9. The van der Waals surface area contributed by atoms with Crippen LogP contribution in [0.2, 0.25) is 0 Å². The summed E-state index contributed by atoms with van der Waals surface area (Å²) < 4.78 is 0. The van der Waals surface area contributed by atoms with Crippen LogP contribution in [0.25, 0.3) is 177 Å². The largest absolute Gasteiger partial charge is 0.0720 e. The molecule has 0 unspecified atom stereocenters. The summed E-state index contributed by atoms with van der Waals surface area (Å²) in [6, 6.07) is 166. The molecular formula is C114H72. The summed E-state index contributed by atoms with van der Waals surface area (Å²) in [5.41, 5.74) is 37.7. The van der Waals surface area contributed by atoms with Gasteiger partial charge in [0.05, 0.1) is 10.8 Å². The first kappa shape index (κ1) is 65.3. The second-order valence-electron chi connectivity index (χ2n) is 31.0. The van der Waals surface area contributed by atoms with E-state index in [1.807, 2.05) is 0 Å². The van der Waals surface area contributed by atoms with Gasteiger partial charge in [-0.05, 0) is 245 Å². The van der Waals surface area contributed by atoms with Crippen molar-refractivity contribution in [3.63, 3.8) is 0 Å².